The van der Waals surface area contributed by atoms with Gasteiger partial charge in [-0.2, -0.15) is 0 Å². The van der Waals surface area contributed by atoms with Crippen molar-refractivity contribution in [2.75, 3.05) is 7.11 Å². The van der Waals surface area contributed by atoms with Crippen LogP contribution in [0.2, 0.25) is 0 Å². The van der Waals surface area contributed by atoms with E-state index in [-0.39, 0.29) is 5.91 Å². The van der Waals surface area contributed by atoms with Gasteiger partial charge in [0.05, 0.1) is 12.9 Å². The molecule has 0 radical (unpaired) electrons. The molecule has 1 amide bonds. The van der Waals surface area contributed by atoms with E-state index >= 15 is 0 Å². The van der Waals surface area contributed by atoms with Gasteiger partial charge in [0.2, 0.25) is 0 Å². The molecule has 0 bridgehead atoms. The molecule has 0 aliphatic carbocycles. The molecule has 0 fully saturated rings. The summed E-state index contributed by atoms with van der Waals surface area (Å²) < 4.78 is 7.10. The molecule has 7 heteroatoms. The topological polar surface area (TPSA) is 69.0 Å². The Morgan fingerprint density at radius 2 is 2.00 bits per heavy atom. The highest BCUT2D eigenvalue weighted by atomic mass is 32.1. The Kier molecular flexibility index (Phi) is 6.32. The van der Waals surface area contributed by atoms with Crippen LogP contribution in [-0.2, 0) is 24.4 Å². The first-order valence-electron chi connectivity index (χ1n) is 9.57. The number of nitrogens with one attached hydrogen (secondary N) is 1. The molecule has 152 valence electrons. The number of hydrogen-bond acceptors (Lipinski definition) is 5. The molecular formula is C23H22N4O2S. The number of imidazole rings is 1. The van der Waals surface area contributed by atoms with Crippen LogP contribution >= 0.6 is 11.3 Å². The summed E-state index contributed by atoms with van der Waals surface area (Å²) in [6.07, 6.45) is 5.54. The van der Waals surface area contributed by atoms with E-state index in [0.717, 1.165) is 28.2 Å². The quantitative estimate of drug-likeness (QED) is 0.467. The zero-order valence-corrected chi connectivity index (χ0v) is 17.4. The van der Waals surface area contributed by atoms with E-state index < -0.39 is 0 Å². The smallest absolute Gasteiger partial charge is 0.271 e. The monoisotopic (exact) mass is 418 g/mol. The molecule has 2 heterocycles. The molecule has 4 rings (SSSR count). The molecule has 0 aliphatic rings. The molecule has 0 spiro atoms. The summed E-state index contributed by atoms with van der Waals surface area (Å²) in [5.74, 6) is -0.181. The largest absolute Gasteiger partial charge is 0.378 e. The van der Waals surface area contributed by atoms with Gasteiger partial charge in [0.1, 0.15) is 10.7 Å². The zero-order chi connectivity index (χ0) is 20.8. The molecule has 0 atom stereocenters. The number of methoxy groups -OCH3 is 1. The Morgan fingerprint density at radius 1 is 1.17 bits per heavy atom. The first kappa shape index (κ1) is 20.0. The van der Waals surface area contributed by atoms with Gasteiger partial charge in [0, 0.05) is 38.0 Å². The van der Waals surface area contributed by atoms with E-state index in [0.29, 0.717) is 18.8 Å². The molecule has 0 saturated carbocycles. The van der Waals surface area contributed by atoms with Crippen LogP contribution in [-0.4, -0.2) is 27.6 Å². The van der Waals surface area contributed by atoms with Crippen molar-refractivity contribution in [2.45, 2.75) is 19.7 Å². The fraction of sp³-hybridized carbons (Fsp3) is 0.174. The number of nitrogens with zero attached hydrogens (tertiary/aromatic N) is 3. The second-order valence-corrected chi connectivity index (χ2v) is 7.77. The highest BCUT2D eigenvalue weighted by Crippen LogP contribution is 2.24. The lowest BCUT2D eigenvalue weighted by Crippen LogP contribution is -2.23. The Bertz CT molecular complexity index is 1100. The Morgan fingerprint density at radius 3 is 2.77 bits per heavy atom. The van der Waals surface area contributed by atoms with Crippen LogP contribution in [0, 0.1) is 0 Å². The molecular weight excluding hydrogens is 396 g/mol. The van der Waals surface area contributed by atoms with Crippen molar-refractivity contribution < 1.29 is 9.53 Å². The van der Waals surface area contributed by atoms with Gasteiger partial charge in [-0.05, 0) is 22.3 Å². The lowest BCUT2D eigenvalue weighted by Gasteiger charge is -2.11. The molecule has 2 aromatic heterocycles. The molecule has 1 N–H and O–H groups in total. The molecule has 0 saturated heterocycles. The third kappa shape index (κ3) is 4.82. The minimum atomic E-state index is -0.181. The van der Waals surface area contributed by atoms with Gasteiger partial charge in [0.25, 0.3) is 5.91 Å². The number of ether oxygens (including phenoxy) is 1. The zero-order valence-electron chi connectivity index (χ0n) is 16.6. The van der Waals surface area contributed by atoms with Gasteiger partial charge in [-0.25, -0.2) is 9.97 Å². The van der Waals surface area contributed by atoms with E-state index in [1.54, 1.807) is 18.7 Å². The summed E-state index contributed by atoms with van der Waals surface area (Å²) in [5.41, 5.74) is 4.91. The Hall–Kier alpha value is -3.29. The van der Waals surface area contributed by atoms with Crippen LogP contribution in [0.3, 0.4) is 0 Å². The second-order valence-electron chi connectivity index (χ2n) is 6.83. The molecule has 2 aromatic carbocycles. The number of thiazole rings is 1. The highest BCUT2D eigenvalue weighted by molar-refractivity contribution is 7.09. The number of rotatable bonds is 8. The van der Waals surface area contributed by atoms with Crippen molar-refractivity contribution in [3.8, 4) is 11.1 Å². The maximum absolute atomic E-state index is 12.5. The van der Waals surface area contributed by atoms with E-state index in [4.69, 9.17) is 4.74 Å². The van der Waals surface area contributed by atoms with E-state index in [9.17, 15) is 4.79 Å². The average molecular weight is 419 g/mol. The summed E-state index contributed by atoms with van der Waals surface area (Å²) in [6, 6.07) is 16.6. The number of carbonyl (C=O) groups is 1. The maximum Gasteiger partial charge on any atom is 0.271 e. The number of carbonyl (C=O) groups excluding carboxylic acids is 1. The van der Waals surface area contributed by atoms with Gasteiger partial charge in [-0.1, -0.05) is 48.5 Å². The van der Waals surface area contributed by atoms with Crippen LogP contribution in [0.15, 0.2) is 72.6 Å². The lowest BCUT2D eigenvalue weighted by atomic mass is 9.98. The highest BCUT2D eigenvalue weighted by Gasteiger charge is 2.12. The fourth-order valence-corrected chi connectivity index (χ4v) is 3.95. The molecule has 4 aromatic rings. The molecule has 6 nitrogen and oxygen atoms in total. The summed E-state index contributed by atoms with van der Waals surface area (Å²) >= 11 is 1.42. The predicted octanol–water partition coefficient (Wildman–Crippen LogP) is 4.13. The number of aromatic nitrogens is 3. The van der Waals surface area contributed by atoms with E-state index in [1.807, 2.05) is 35.3 Å². The van der Waals surface area contributed by atoms with Crippen LogP contribution in [0.1, 0.15) is 26.6 Å². The van der Waals surface area contributed by atoms with Gasteiger partial charge < -0.3 is 14.6 Å². The van der Waals surface area contributed by atoms with Crippen molar-refractivity contribution in [2.24, 2.45) is 0 Å². The van der Waals surface area contributed by atoms with Crippen molar-refractivity contribution in [1.29, 1.82) is 0 Å². The first-order chi connectivity index (χ1) is 14.7. The normalized spacial score (nSPS) is 10.8. The van der Waals surface area contributed by atoms with Gasteiger partial charge in [-0.15, -0.1) is 11.3 Å². The van der Waals surface area contributed by atoms with Crippen molar-refractivity contribution in [3.05, 3.63) is 94.5 Å². The van der Waals surface area contributed by atoms with Crippen molar-refractivity contribution in [3.63, 3.8) is 0 Å². The van der Waals surface area contributed by atoms with Gasteiger partial charge >= 0.3 is 0 Å². The van der Waals surface area contributed by atoms with Gasteiger partial charge in [0.15, 0.2) is 0 Å². The second kappa shape index (κ2) is 9.47. The standard InChI is InChI=1S/C23H22N4O2S/c1-29-14-22-26-21(15-30-22)23(28)25-12-19-4-2-3-5-20(19)18-8-6-17(7-9-18)13-27-11-10-24-16-27/h2-11,15-16H,12-14H2,1H3,(H,25,28). The Balaban J connectivity index is 1.45. The lowest BCUT2D eigenvalue weighted by molar-refractivity contribution is 0.0946. The molecule has 0 unspecified atom stereocenters. The van der Waals surface area contributed by atoms with Crippen molar-refractivity contribution >= 4 is 17.2 Å². The van der Waals surface area contributed by atoms with Crippen LogP contribution in [0.25, 0.3) is 11.1 Å². The predicted molar refractivity (Wildman–Crippen MR) is 117 cm³/mol. The number of amides is 1. The fourth-order valence-electron chi connectivity index (χ4n) is 3.21. The number of hydrogen-bond donors (Lipinski definition) is 1. The minimum Gasteiger partial charge on any atom is -0.378 e. The van der Waals surface area contributed by atoms with Crippen LogP contribution in [0.4, 0.5) is 0 Å². The molecule has 0 aliphatic heterocycles. The third-order valence-electron chi connectivity index (χ3n) is 4.70. The number of benzene rings is 2. The first-order valence-corrected chi connectivity index (χ1v) is 10.5. The van der Waals surface area contributed by atoms with E-state index in [1.165, 1.54) is 16.9 Å². The summed E-state index contributed by atoms with van der Waals surface area (Å²) in [7, 11) is 1.61. The van der Waals surface area contributed by atoms with E-state index in [2.05, 4.69) is 45.6 Å². The summed E-state index contributed by atoms with van der Waals surface area (Å²) in [6.45, 7) is 1.64. The SMILES string of the molecule is COCc1nc(C(=O)NCc2ccccc2-c2ccc(Cn3ccnc3)cc2)cs1. The van der Waals surface area contributed by atoms with Gasteiger partial charge in [-0.3, -0.25) is 4.79 Å². The minimum absolute atomic E-state index is 0.181. The summed E-state index contributed by atoms with van der Waals surface area (Å²) in [4.78, 5) is 20.9. The molecule has 30 heavy (non-hydrogen) atoms. The average Bonchev–Trinajstić information content (AvgIpc) is 3.45. The van der Waals surface area contributed by atoms with Crippen molar-refractivity contribution in [1.82, 2.24) is 19.9 Å². The Labute approximate surface area is 179 Å². The van der Waals surface area contributed by atoms with Crippen LogP contribution < -0.4 is 5.32 Å². The summed E-state index contributed by atoms with van der Waals surface area (Å²) in [5, 5.41) is 5.53. The third-order valence-corrected chi connectivity index (χ3v) is 5.52. The van der Waals surface area contributed by atoms with Crippen LogP contribution in [0.5, 0.6) is 0 Å². The maximum atomic E-state index is 12.5.